The summed E-state index contributed by atoms with van der Waals surface area (Å²) in [6, 6.07) is -0.313. The van der Waals surface area contributed by atoms with Crippen molar-refractivity contribution in [1.29, 1.82) is 0 Å². The van der Waals surface area contributed by atoms with Gasteiger partial charge in [-0.1, -0.05) is 6.92 Å². The quantitative estimate of drug-likeness (QED) is 0.668. The molecular formula is C12H23N3O2. The van der Waals surface area contributed by atoms with Crippen molar-refractivity contribution in [3.8, 4) is 0 Å². The maximum absolute atomic E-state index is 12.0. The highest BCUT2D eigenvalue weighted by atomic mass is 16.2. The van der Waals surface area contributed by atoms with Gasteiger partial charge in [-0.25, -0.2) is 0 Å². The van der Waals surface area contributed by atoms with Crippen LogP contribution < -0.4 is 5.32 Å². The van der Waals surface area contributed by atoms with E-state index in [1.54, 1.807) is 0 Å². The minimum atomic E-state index is -0.323. The van der Waals surface area contributed by atoms with Gasteiger partial charge in [-0.2, -0.15) is 0 Å². The monoisotopic (exact) mass is 241 g/mol. The molecule has 0 bridgehead atoms. The van der Waals surface area contributed by atoms with E-state index in [1.165, 1.54) is 4.90 Å². The molecule has 1 aliphatic rings. The molecule has 0 radical (unpaired) electrons. The second-order valence-electron chi connectivity index (χ2n) is 4.87. The fourth-order valence-corrected chi connectivity index (χ4v) is 1.92. The molecule has 5 heteroatoms. The average molecular weight is 241 g/mol. The van der Waals surface area contributed by atoms with Crippen LogP contribution in [0.2, 0.25) is 0 Å². The average Bonchev–Trinajstić information content (AvgIpc) is 2.53. The van der Waals surface area contributed by atoms with Crippen molar-refractivity contribution >= 4 is 11.8 Å². The Balaban J connectivity index is 2.50. The number of carbonyl (C=O) groups is 2. The minimum absolute atomic E-state index is 0.00986. The van der Waals surface area contributed by atoms with E-state index in [1.807, 2.05) is 32.8 Å². The maximum atomic E-state index is 12.0. The number of likely N-dealkylation sites (tertiary alicyclic amines) is 1. The topological polar surface area (TPSA) is 52.7 Å². The van der Waals surface area contributed by atoms with E-state index in [0.717, 1.165) is 19.5 Å². The zero-order valence-electron chi connectivity index (χ0n) is 11.2. The molecule has 1 saturated heterocycles. The van der Waals surface area contributed by atoms with Crippen molar-refractivity contribution in [2.24, 2.45) is 0 Å². The van der Waals surface area contributed by atoms with Gasteiger partial charge >= 0.3 is 0 Å². The Morgan fingerprint density at radius 3 is 2.65 bits per heavy atom. The normalized spacial score (nSPS) is 22.6. The standard InChI is InChI=1S/C12H23N3O2/c1-5-9(2)15-11(16)8-10(12(15)17)13-6-7-14(3)4/h9-10,13H,5-8H2,1-4H3. The largest absolute Gasteiger partial charge is 0.308 e. The highest BCUT2D eigenvalue weighted by Gasteiger charge is 2.40. The van der Waals surface area contributed by atoms with Crippen LogP contribution in [0.25, 0.3) is 0 Å². The van der Waals surface area contributed by atoms with Gasteiger partial charge in [0.15, 0.2) is 0 Å². The molecule has 1 rings (SSSR count). The van der Waals surface area contributed by atoms with Gasteiger partial charge in [0.1, 0.15) is 0 Å². The van der Waals surface area contributed by atoms with Crippen LogP contribution in [0.1, 0.15) is 26.7 Å². The molecule has 5 nitrogen and oxygen atoms in total. The highest BCUT2D eigenvalue weighted by Crippen LogP contribution is 2.17. The van der Waals surface area contributed by atoms with Crippen LogP contribution in [0, 0.1) is 0 Å². The fourth-order valence-electron chi connectivity index (χ4n) is 1.92. The third kappa shape index (κ3) is 3.51. The molecule has 2 unspecified atom stereocenters. The van der Waals surface area contributed by atoms with Crippen LogP contribution in [0.4, 0.5) is 0 Å². The van der Waals surface area contributed by atoms with Gasteiger partial charge in [0, 0.05) is 19.1 Å². The summed E-state index contributed by atoms with van der Waals surface area (Å²) in [6.07, 6.45) is 1.11. The number of hydrogen-bond donors (Lipinski definition) is 1. The maximum Gasteiger partial charge on any atom is 0.247 e. The van der Waals surface area contributed by atoms with Crippen molar-refractivity contribution in [1.82, 2.24) is 15.1 Å². The summed E-state index contributed by atoms with van der Waals surface area (Å²) in [5, 5.41) is 3.15. The summed E-state index contributed by atoms with van der Waals surface area (Å²) in [4.78, 5) is 27.2. The van der Waals surface area contributed by atoms with Gasteiger partial charge in [-0.3, -0.25) is 14.5 Å². The van der Waals surface area contributed by atoms with Crippen molar-refractivity contribution in [3.63, 3.8) is 0 Å². The smallest absolute Gasteiger partial charge is 0.247 e. The first-order valence-electron chi connectivity index (χ1n) is 6.21. The molecule has 2 atom stereocenters. The lowest BCUT2D eigenvalue weighted by Gasteiger charge is -2.21. The number of rotatable bonds is 6. The van der Waals surface area contributed by atoms with E-state index in [2.05, 4.69) is 5.32 Å². The lowest BCUT2D eigenvalue weighted by molar-refractivity contribution is -0.141. The van der Waals surface area contributed by atoms with E-state index in [4.69, 9.17) is 0 Å². The van der Waals surface area contributed by atoms with E-state index < -0.39 is 0 Å². The summed E-state index contributed by atoms with van der Waals surface area (Å²) in [5.41, 5.74) is 0. The first kappa shape index (κ1) is 14.1. The van der Waals surface area contributed by atoms with Crippen molar-refractivity contribution in [2.75, 3.05) is 27.2 Å². The molecule has 1 heterocycles. The Hall–Kier alpha value is -0.940. The van der Waals surface area contributed by atoms with Gasteiger partial charge in [-0.15, -0.1) is 0 Å². The second-order valence-corrected chi connectivity index (χ2v) is 4.87. The van der Waals surface area contributed by atoms with Crippen molar-refractivity contribution in [3.05, 3.63) is 0 Å². The predicted octanol–water partition coefficient (Wildman–Crippen LogP) is 0.0636. The molecule has 17 heavy (non-hydrogen) atoms. The number of imide groups is 1. The van der Waals surface area contributed by atoms with Crippen LogP contribution in [-0.4, -0.2) is 60.9 Å². The molecule has 0 aromatic rings. The number of amides is 2. The summed E-state index contributed by atoms with van der Waals surface area (Å²) < 4.78 is 0. The van der Waals surface area contributed by atoms with Crippen LogP contribution in [0.15, 0.2) is 0 Å². The highest BCUT2D eigenvalue weighted by molar-refractivity contribution is 6.05. The number of hydrogen-bond acceptors (Lipinski definition) is 4. The SMILES string of the molecule is CCC(C)N1C(=O)CC(NCCN(C)C)C1=O. The zero-order chi connectivity index (χ0) is 13.0. The molecular weight excluding hydrogens is 218 g/mol. The van der Waals surface area contributed by atoms with Crippen LogP contribution in [0.5, 0.6) is 0 Å². The first-order valence-corrected chi connectivity index (χ1v) is 6.21. The summed E-state index contributed by atoms with van der Waals surface area (Å²) in [6.45, 7) is 5.49. The molecule has 0 saturated carbocycles. The van der Waals surface area contributed by atoms with Crippen molar-refractivity contribution in [2.45, 2.75) is 38.8 Å². The predicted molar refractivity (Wildman–Crippen MR) is 66.6 cm³/mol. The molecule has 0 aromatic carbocycles. The molecule has 98 valence electrons. The third-order valence-electron chi connectivity index (χ3n) is 3.16. The Morgan fingerprint density at radius 2 is 2.12 bits per heavy atom. The molecule has 1 fully saturated rings. The fraction of sp³-hybridized carbons (Fsp3) is 0.833. The van der Waals surface area contributed by atoms with Gasteiger partial charge < -0.3 is 10.2 Å². The van der Waals surface area contributed by atoms with E-state index in [-0.39, 0.29) is 23.9 Å². The van der Waals surface area contributed by atoms with E-state index in [0.29, 0.717) is 6.42 Å². The van der Waals surface area contributed by atoms with Gasteiger partial charge in [0.05, 0.1) is 12.5 Å². The number of likely N-dealkylation sites (N-methyl/N-ethyl adjacent to an activating group) is 1. The lowest BCUT2D eigenvalue weighted by atomic mass is 10.2. The van der Waals surface area contributed by atoms with Gasteiger partial charge in [0.25, 0.3) is 0 Å². The molecule has 1 N–H and O–H groups in total. The Labute approximate surface area is 103 Å². The molecule has 1 aliphatic heterocycles. The number of carbonyl (C=O) groups excluding carboxylic acids is 2. The molecule has 2 amide bonds. The Kier molecular flexibility index (Phi) is 5.08. The minimum Gasteiger partial charge on any atom is -0.308 e. The van der Waals surface area contributed by atoms with E-state index >= 15 is 0 Å². The third-order valence-corrected chi connectivity index (χ3v) is 3.16. The summed E-state index contributed by atoms with van der Waals surface area (Å²) in [5.74, 6) is -0.116. The summed E-state index contributed by atoms with van der Waals surface area (Å²) >= 11 is 0. The van der Waals surface area contributed by atoms with Crippen LogP contribution in [0.3, 0.4) is 0 Å². The zero-order valence-corrected chi connectivity index (χ0v) is 11.2. The number of nitrogens with zero attached hydrogens (tertiary/aromatic N) is 2. The van der Waals surface area contributed by atoms with Crippen molar-refractivity contribution < 1.29 is 9.59 Å². The lowest BCUT2D eigenvalue weighted by Crippen LogP contribution is -2.44. The van der Waals surface area contributed by atoms with Crippen LogP contribution >= 0.6 is 0 Å². The molecule has 0 spiro atoms. The summed E-state index contributed by atoms with van der Waals surface area (Å²) in [7, 11) is 3.96. The van der Waals surface area contributed by atoms with E-state index in [9.17, 15) is 9.59 Å². The van der Waals surface area contributed by atoms with Crippen LogP contribution in [-0.2, 0) is 9.59 Å². The number of nitrogens with one attached hydrogen (secondary N) is 1. The Bertz CT molecular complexity index is 291. The Morgan fingerprint density at radius 1 is 1.47 bits per heavy atom. The molecule has 0 aliphatic carbocycles. The van der Waals surface area contributed by atoms with Gasteiger partial charge in [0.2, 0.25) is 11.8 Å². The van der Waals surface area contributed by atoms with Gasteiger partial charge in [-0.05, 0) is 27.4 Å². The second kappa shape index (κ2) is 6.12. The molecule has 0 aromatic heterocycles. The first-order chi connectivity index (χ1) is 7.97.